The number of carbonyl (C=O) groups excluding carboxylic acids is 1. The lowest BCUT2D eigenvalue weighted by Crippen LogP contribution is -2.37. The summed E-state index contributed by atoms with van der Waals surface area (Å²) in [5.74, 6) is -0.0169. The van der Waals surface area contributed by atoms with Gasteiger partial charge in [-0.2, -0.15) is 13.2 Å². The molecule has 2 atom stereocenters. The molecule has 2 fully saturated rings. The normalized spacial score (nSPS) is 20.7. The topological polar surface area (TPSA) is 83.0 Å². The number of rotatable bonds is 9. The minimum Gasteiger partial charge on any atom is -0.354 e. The zero-order valence-electron chi connectivity index (χ0n) is 20.9. The van der Waals surface area contributed by atoms with Crippen LogP contribution in [-0.4, -0.2) is 44.9 Å². The predicted octanol–water partition coefficient (Wildman–Crippen LogP) is 5.10. The van der Waals surface area contributed by atoms with E-state index in [9.17, 15) is 18.0 Å². The molecule has 2 aliphatic rings. The Labute approximate surface area is 210 Å². The molecule has 1 amide bonds. The van der Waals surface area contributed by atoms with Gasteiger partial charge >= 0.3 is 6.18 Å². The van der Waals surface area contributed by atoms with E-state index in [2.05, 4.69) is 30.5 Å². The second-order valence-electron chi connectivity index (χ2n) is 10.2. The summed E-state index contributed by atoms with van der Waals surface area (Å²) in [7, 11) is 0. The maximum absolute atomic E-state index is 13.7. The van der Waals surface area contributed by atoms with Crippen LogP contribution in [0.25, 0.3) is 0 Å². The molecule has 1 saturated carbocycles. The Hall–Kier alpha value is -2.75. The highest BCUT2D eigenvalue weighted by molar-refractivity contribution is 5.79. The molecule has 7 nitrogen and oxygen atoms in total. The molecule has 2 aromatic rings. The van der Waals surface area contributed by atoms with Crippen molar-refractivity contribution in [3.8, 4) is 0 Å². The molecule has 1 aliphatic carbocycles. The summed E-state index contributed by atoms with van der Waals surface area (Å²) in [4.78, 5) is 27.5. The second-order valence-corrected chi connectivity index (χ2v) is 10.2. The minimum atomic E-state index is -4.54. The molecule has 2 N–H and O–H groups in total. The van der Waals surface area contributed by atoms with E-state index in [4.69, 9.17) is 0 Å². The van der Waals surface area contributed by atoms with Gasteiger partial charge in [-0.1, -0.05) is 6.42 Å². The number of aryl methyl sites for hydroxylation is 1. The van der Waals surface area contributed by atoms with E-state index >= 15 is 0 Å². The van der Waals surface area contributed by atoms with E-state index in [0.29, 0.717) is 12.1 Å². The molecule has 3 heterocycles. The molecule has 36 heavy (non-hydrogen) atoms. The summed E-state index contributed by atoms with van der Waals surface area (Å²) in [6.45, 7) is 6.76. The lowest BCUT2D eigenvalue weighted by Gasteiger charge is -2.21. The number of alkyl halides is 3. The van der Waals surface area contributed by atoms with Gasteiger partial charge in [-0.3, -0.25) is 14.7 Å². The van der Waals surface area contributed by atoms with Gasteiger partial charge in [-0.15, -0.1) is 0 Å². The average molecular weight is 505 g/mol. The van der Waals surface area contributed by atoms with E-state index in [1.807, 2.05) is 26.0 Å². The summed E-state index contributed by atoms with van der Waals surface area (Å²) < 4.78 is 41.1. The van der Waals surface area contributed by atoms with Crippen molar-refractivity contribution in [2.45, 2.75) is 77.6 Å². The zero-order valence-corrected chi connectivity index (χ0v) is 20.9. The standard InChI is InChI=1S/C26H35F3N6O/c1-17(2)32-24(36)21-7-5-6-18(21)8-11-23-22(26(27,28)29)15-31-25(34-23)33-19-9-10-20(30-14-19)16-35-12-3-4-13-35/h9-10,14-15,17-18,21H,3-8,11-13,16H2,1-2H3,(H,32,36)(H,31,33,34)/t18-,21?/m0/s1. The average Bonchev–Trinajstić information content (AvgIpc) is 3.50. The van der Waals surface area contributed by atoms with Crippen molar-refractivity contribution in [1.82, 2.24) is 25.2 Å². The molecule has 0 bridgehead atoms. The van der Waals surface area contributed by atoms with Gasteiger partial charge in [-0.05, 0) is 83.5 Å². The van der Waals surface area contributed by atoms with E-state index in [1.165, 1.54) is 12.8 Å². The number of aromatic nitrogens is 3. The Morgan fingerprint density at radius 1 is 1.11 bits per heavy atom. The molecule has 1 unspecified atom stereocenters. The summed E-state index contributed by atoms with van der Waals surface area (Å²) in [5.41, 5.74) is 0.693. The highest BCUT2D eigenvalue weighted by atomic mass is 19.4. The molecular formula is C26H35F3N6O. The maximum atomic E-state index is 13.7. The van der Waals surface area contributed by atoms with Crippen LogP contribution < -0.4 is 10.6 Å². The van der Waals surface area contributed by atoms with Crippen LogP contribution in [0.2, 0.25) is 0 Å². The van der Waals surface area contributed by atoms with Crippen LogP contribution in [0.5, 0.6) is 0 Å². The second kappa shape index (κ2) is 11.5. The predicted molar refractivity (Wildman–Crippen MR) is 131 cm³/mol. The Bertz CT molecular complexity index is 1020. The van der Waals surface area contributed by atoms with Crippen molar-refractivity contribution in [3.05, 3.63) is 41.5 Å². The molecule has 1 aliphatic heterocycles. The van der Waals surface area contributed by atoms with Gasteiger partial charge in [0.05, 0.1) is 28.8 Å². The van der Waals surface area contributed by atoms with Gasteiger partial charge < -0.3 is 10.6 Å². The highest BCUT2D eigenvalue weighted by Crippen LogP contribution is 2.37. The third-order valence-electron chi connectivity index (χ3n) is 7.02. The van der Waals surface area contributed by atoms with Crippen LogP contribution in [0, 0.1) is 11.8 Å². The first-order chi connectivity index (χ1) is 17.2. The number of nitrogens with zero attached hydrogens (tertiary/aromatic N) is 4. The largest absolute Gasteiger partial charge is 0.419 e. The van der Waals surface area contributed by atoms with Gasteiger partial charge in [0.2, 0.25) is 11.9 Å². The summed E-state index contributed by atoms with van der Waals surface area (Å²) in [6, 6.07) is 3.79. The Kier molecular flexibility index (Phi) is 8.43. The lowest BCUT2D eigenvalue weighted by molar-refractivity contribution is -0.138. The number of nitrogens with one attached hydrogen (secondary N) is 2. The highest BCUT2D eigenvalue weighted by Gasteiger charge is 2.37. The maximum Gasteiger partial charge on any atom is 0.419 e. The number of amides is 1. The van der Waals surface area contributed by atoms with Crippen LogP contribution in [0.1, 0.15) is 69.3 Å². The van der Waals surface area contributed by atoms with Gasteiger partial charge in [0.15, 0.2) is 0 Å². The minimum absolute atomic E-state index is 0.00531. The van der Waals surface area contributed by atoms with Gasteiger partial charge in [0.25, 0.3) is 0 Å². The number of pyridine rings is 1. The molecule has 4 rings (SSSR count). The number of carbonyl (C=O) groups is 1. The number of halogens is 3. The van der Waals surface area contributed by atoms with Crippen LogP contribution >= 0.6 is 0 Å². The fourth-order valence-corrected chi connectivity index (χ4v) is 5.24. The lowest BCUT2D eigenvalue weighted by atomic mass is 9.89. The van der Waals surface area contributed by atoms with Crippen molar-refractivity contribution in [1.29, 1.82) is 0 Å². The van der Waals surface area contributed by atoms with Crippen LogP contribution in [0.4, 0.5) is 24.8 Å². The molecule has 0 spiro atoms. The van der Waals surface area contributed by atoms with Crippen molar-refractivity contribution >= 4 is 17.5 Å². The van der Waals surface area contributed by atoms with Crippen molar-refractivity contribution < 1.29 is 18.0 Å². The first-order valence-electron chi connectivity index (χ1n) is 12.9. The number of hydrogen-bond acceptors (Lipinski definition) is 6. The molecule has 10 heteroatoms. The third-order valence-corrected chi connectivity index (χ3v) is 7.02. The molecule has 1 saturated heterocycles. The van der Waals surface area contributed by atoms with Crippen molar-refractivity contribution in [3.63, 3.8) is 0 Å². The Morgan fingerprint density at radius 2 is 1.89 bits per heavy atom. The summed E-state index contributed by atoms with van der Waals surface area (Å²) in [5, 5.41) is 5.94. The fourth-order valence-electron chi connectivity index (χ4n) is 5.24. The third kappa shape index (κ3) is 6.93. The Balaban J connectivity index is 1.44. The number of likely N-dealkylation sites (tertiary alicyclic amines) is 1. The van der Waals surface area contributed by atoms with Gasteiger partial charge in [-0.25, -0.2) is 9.97 Å². The monoisotopic (exact) mass is 504 g/mol. The fraction of sp³-hybridized carbons (Fsp3) is 0.615. The summed E-state index contributed by atoms with van der Waals surface area (Å²) in [6.07, 6.45) is 3.49. The van der Waals surface area contributed by atoms with E-state index < -0.39 is 11.7 Å². The molecular weight excluding hydrogens is 469 g/mol. The quantitative estimate of drug-likeness (QED) is 0.494. The zero-order chi connectivity index (χ0) is 25.7. The molecule has 196 valence electrons. The van der Waals surface area contributed by atoms with Crippen LogP contribution in [-0.2, 0) is 23.9 Å². The molecule has 0 aromatic carbocycles. The van der Waals surface area contributed by atoms with Crippen molar-refractivity contribution in [2.75, 3.05) is 18.4 Å². The first kappa shape index (κ1) is 26.3. The first-order valence-corrected chi connectivity index (χ1v) is 12.9. The van der Waals surface area contributed by atoms with Gasteiger partial charge in [0, 0.05) is 24.7 Å². The Morgan fingerprint density at radius 3 is 2.56 bits per heavy atom. The summed E-state index contributed by atoms with van der Waals surface area (Å²) >= 11 is 0. The van der Waals surface area contributed by atoms with E-state index in [0.717, 1.165) is 50.8 Å². The number of hydrogen-bond donors (Lipinski definition) is 2. The van der Waals surface area contributed by atoms with Crippen LogP contribution in [0.3, 0.4) is 0 Å². The smallest absolute Gasteiger partial charge is 0.354 e. The number of anilines is 2. The molecule has 2 aromatic heterocycles. The SMILES string of the molecule is CC(C)NC(=O)C1CCC[C@H]1CCc1nc(Nc2ccc(CN3CCCC3)nc2)ncc1C(F)(F)F. The van der Waals surface area contributed by atoms with E-state index in [1.54, 1.807) is 6.20 Å². The van der Waals surface area contributed by atoms with E-state index in [-0.39, 0.29) is 41.8 Å². The van der Waals surface area contributed by atoms with Gasteiger partial charge in [0.1, 0.15) is 0 Å². The van der Waals surface area contributed by atoms with Crippen LogP contribution in [0.15, 0.2) is 24.5 Å². The molecule has 0 radical (unpaired) electrons. The van der Waals surface area contributed by atoms with Crippen molar-refractivity contribution in [2.24, 2.45) is 11.8 Å².